The number of nitrogens with zero attached hydrogens (tertiary/aromatic N) is 3. The predicted molar refractivity (Wildman–Crippen MR) is 116 cm³/mol. The average molecular weight is 430 g/mol. The minimum atomic E-state index is -0.829. The quantitative estimate of drug-likeness (QED) is 0.517. The molecule has 1 amide bonds. The van der Waals surface area contributed by atoms with Gasteiger partial charge in [-0.2, -0.15) is 0 Å². The number of likely N-dealkylation sites (tertiary alicyclic amines) is 1. The number of carbonyl (C=O) groups excluding carboxylic acids is 1. The third-order valence-electron chi connectivity index (χ3n) is 5.63. The predicted octanol–water partition coefficient (Wildman–Crippen LogP) is 2.41. The first-order valence-corrected chi connectivity index (χ1v) is 10.1. The molecular weight excluding hydrogens is 403 g/mol. The molecule has 8 nitrogen and oxygen atoms in total. The fourth-order valence-electron chi connectivity index (χ4n) is 3.91. The minimum absolute atomic E-state index is 0.0824. The lowest BCUT2D eigenvalue weighted by molar-refractivity contribution is -0.384. The van der Waals surface area contributed by atoms with Crippen LogP contribution in [0, 0.1) is 21.8 Å². The molecule has 2 unspecified atom stereocenters. The van der Waals surface area contributed by atoms with Crippen LogP contribution in [0.15, 0.2) is 42.5 Å². The van der Waals surface area contributed by atoms with E-state index < -0.39 is 22.7 Å². The number of carbonyl (C=O) groups is 1. The van der Waals surface area contributed by atoms with Crippen molar-refractivity contribution in [2.24, 2.45) is 5.92 Å². The lowest BCUT2D eigenvalue weighted by atomic mass is 9.91. The molecule has 1 heterocycles. The van der Waals surface area contributed by atoms with Crippen LogP contribution in [0.1, 0.15) is 22.3 Å². The number of aliphatic hydroxyl groups excluding tert-OH is 1. The summed E-state index contributed by atoms with van der Waals surface area (Å²) in [7, 11) is 3.13. The van der Waals surface area contributed by atoms with Gasteiger partial charge in [0.2, 0.25) is 0 Å². The molecule has 0 radical (unpaired) electrons. The first-order valence-electron chi connectivity index (χ1n) is 10.1. The Morgan fingerprint density at radius 1 is 1.32 bits per heavy atom. The summed E-state index contributed by atoms with van der Waals surface area (Å²) in [4.78, 5) is 27.2. The van der Waals surface area contributed by atoms with Gasteiger partial charge in [-0.25, -0.2) is 4.39 Å². The first-order chi connectivity index (χ1) is 14.8. The summed E-state index contributed by atoms with van der Waals surface area (Å²) in [5.74, 6) is -1.73. The maximum Gasteiger partial charge on any atom is 0.293 e. The third kappa shape index (κ3) is 5.36. The lowest BCUT2D eigenvalue weighted by Crippen LogP contribution is -2.53. The van der Waals surface area contributed by atoms with Crippen LogP contribution in [0.3, 0.4) is 0 Å². The monoisotopic (exact) mass is 430 g/mol. The third-order valence-corrected chi connectivity index (χ3v) is 5.63. The second kappa shape index (κ2) is 9.84. The van der Waals surface area contributed by atoms with Gasteiger partial charge in [-0.1, -0.05) is 30.3 Å². The number of anilines is 1. The number of piperidine rings is 1. The Morgan fingerprint density at radius 2 is 2.03 bits per heavy atom. The van der Waals surface area contributed by atoms with Crippen LogP contribution >= 0.6 is 0 Å². The van der Waals surface area contributed by atoms with E-state index in [9.17, 15) is 24.4 Å². The van der Waals surface area contributed by atoms with Crippen molar-refractivity contribution in [3.8, 4) is 0 Å². The number of nitrogens with one attached hydrogen (secondary N) is 1. The average Bonchev–Trinajstić information content (AvgIpc) is 2.74. The fourth-order valence-corrected chi connectivity index (χ4v) is 3.91. The number of halogens is 1. The van der Waals surface area contributed by atoms with Gasteiger partial charge in [0.15, 0.2) is 0 Å². The zero-order valence-electron chi connectivity index (χ0n) is 17.6. The van der Waals surface area contributed by atoms with E-state index in [0.29, 0.717) is 19.5 Å². The van der Waals surface area contributed by atoms with E-state index in [1.54, 1.807) is 14.1 Å². The lowest BCUT2D eigenvalue weighted by Gasteiger charge is -2.38. The van der Waals surface area contributed by atoms with Crippen molar-refractivity contribution >= 4 is 17.3 Å². The first kappa shape index (κ1) is 22.6. The van der Waals surface area contributed by atoms with E-state index in [0.717, 1.165) is 24.2 Å². The largest absolute Gasteiger partial charge is 0.396 e. The van der Waals surface area contributed by atoms with Gasteiger partial charge in [0.25, 0.3) is 11.6 Å². The fraction of sp³-hybridized carbons (Fsp3) is 0.409. The number of hydrogen-bond donors (Lipinski definition) is 2. The molecule has 1 aliphatic rings. The van der Waals surface area contributed by atoms with Crippen LogP contribution in [-0.4, -0.2) is 60.7 Å². The van der Waals surface area contributed by atoms with Crippen molar-refractivity contribution in [1.29, 1.82) is 0 Å². The highest BCUT2D eigenvalue weighted by Gasteiger charge is 2.31. The molecule has 1 saturated heterocycles. The summed E-state index contributed by atoms with van der Waals surface area (Å²) in [6.07, 6.45) is 0.677. The molecule has 1 aliphatic heterocycles. The molecule has 0 bridgehead atoms. The molecular formula is C22H27FN4O4. The van der Waals surface area contributed by atoms with Crippen molar-refractivity contribution < 1.29 is 19.2 Å². The second-order valence-corrected chi connectivity index (χ2v) is 8.00. The van der Waals surface area contributed by atoms with Gasteiger partial charge in [0.1, 0.15) is 11.5 Å². The van der Waals surface area contributed by atoms with Crippen molar-refractivity contribution in [1.82, 2.24) is 10.2 Å². The zero-order chi connectivity index (χ0) is 22.5. The molecule has 0 aromatic heterocycles. The molecule has 2 aromatic carbocycles. The topological polar surface area (TPSA) is 99.0 Å². The van der Waals surface area contributed by atoms with E-state index in [4.69, 9.17) is 0 Å². The molecule has 0 aliphatic carbocycles. The highest BCUT2D eigenvalue weighted by atomic mass is 19.1. The summed E-state index contributed by atoms with van der Waals surface area (Å²) in [6.45, 7) is 1.85. The maximum atomic E-state index is 14.6. The van der Waals surface area contributed by atoms with Crippen LogP contribution in [-0.2, 0) is 6.54 Å². The molecule has 2 N–H and O–H groups in total. The second-order valence-electron chi connectivity index (χ2n) is 8.00. The molecule has 31 heavy (non-hydrogen) atoms. The summed E-state index contributed by atoms with van der Waals surface area (Å²) >= 11 is 0. The van der Waals surface area contributed by atoms with Gasteiger partial charge < -0.3 is 15.3 Å². The van der Waals surface area contributed by atoms with E-state index in [-0.39, 0.29) is 29.5 Å². The van der Waals surface area contributed by atoms with Crippen molar-refractivity contribution in [3.05, 3.63) is 69.5 Å². The van der Waals surface area contributed by atoms with Gasteiger partial charge in [0.05, 0.1) is 10.5 Å². The summed E-state index contributed by atoms with van der Waals surface area (Å²) in [5.41, 5.74) is 0.494. The number of hydrogen-bond acceptors (Lipinski definition) is 6. The van der Waals surface area contributed by atoms with Gasteiger partial charge in [-0.05, 0) is 18.5 Å². The number of rotatable bonds is 7. The van der Waals surface area contributed by atoms with E-state index >= 15 is 0 Å². The normalized spacial score (nSPS) is 19.1. The summed E-state index contributed by atoms with van der Waals surface area (Å²) in [5, 5.41) is 23.9. The maximum absolute atomic E-state index is 14.6. The Morgan fingerprint density at radius 3 is 2.65 bits per heavy atom. The molecule has 2 aromatic rings. The van der Waals surface area contributed by atoms with Gasteiger partial charge in [-0.3, -0.25) is 19.8 Å². The van der Waals surface area contributed by atoms with Gasteiger partial charge >= 0.3 is 0 Å². The van der Waals surface area contributed by atoms with Crippen LogP contribution < -0.4 is 10.2 Å². The molecule has 1 fully saturated rings. The van der Waals surface area contributed by atoms with E-state index in [1.165, 1.54) is 4.90 Å². The number of nitro benzene ring substituents is 1. The van der Waals surface area contributed by atoms with Gasteiger partial charge in [0, 0.05) is 57.9 Å². The summed E-state index contributed by atoms with van der Waals surface area (Å²) in [6, 6.07) is 11.5. The van der Waals surface area contributed by atoms with Crippen molar-refractivity contribution in [3.63, 3.8) is 0 Å². The highest BCUT2D eigenvalue weighted by molar-refractivity contribution is 5.96. The minimum Gasteiger partial charge on any atom is -0.396 e. The Kier molecular flexibility index (Phi) is 7.19. The number of aliphatic hydroxyl groups is 1. The Labute approximate surface area is 180 Å². The molecule has 9 heteroatoms. The summed E-state index contributed by atoms with van der Waals surface area (Å²) < 4.78 is 14.6. The van der Waals surface area contributed by atoms with Gasteiger partial charge in [-0.15, -0.1) is 0 Å². The molecule has 3 rings (SSSR count). The molecule has 166 valence electrons. The number of amides is 1. The molecule has 0 saturated carbocycles. The Bertz CT molecular complexity index is 939. The van der Waals surface area contributed by atoms with Crippen LogP contribution in [0.2, 0.25) is 0 Å². The SMILES string of the molecule is CN(C)c1cc(F)c(C(=O)NC2CN(Cc3ccccc3)CCC2CO)cc1[N+](=O)[O-]. The molecule has 0 spiro atoms. The number of nitro groups is 1. The Hall–Kier alpha value is -3.04. The zero-order valence-corrected chi connectivity index (χ0v) is 17.6. The van der Waals surface area contributed by atoms with E-state index in [1.807, 2.05) is 30.3 Å². The standard InChI is InChI=1S/C22H27FN4O4/c1-25(2)20-11-18(23)17(10-21(20)27(30)31)22(29)24-19-13-26(9-8-16(19)14-28)12-15-6-4-3-5-7-15/h3-7,10-11,16,19,28H,8-9,12-14H2,1-2H3,(H,24,29). The number of benzene rings is 2. The van der Waals surface area contributed by atoms with Crippen LogP contribution in [0.25, 0.3) is 0 Å². The molecule has 2 atom stereocenters. The van der Waals surface area contributed by atoms with Crippen LogP contribution in [0.4, 0.5) is 15.8 Å². The van der Waals surface area contributed by atoms with Crippen LogP contribution in [0.5, 0.6) is 0 Å². The smallest absolute Gasteiger partial charge is 0.293 e. The Balaban J connectivity index is 1.78. The van der Waals surface area contributed by atoms with E-state index in [2.05, 4.69) is 10.2 Å². The van der Waals surface area contributed by atoms with Crippen molar-refractivity contribution in [2.45, 2.75) is 19.0 Å². The highest BCUT2D eigenvalue weighted by Crippen LogP contribution is 2.30. The van der Waals surface area contributed by atoms with Crippen molar-refractivity contribution in [2.75, 3.05) is 38.7 Å².